The van der Waals surface area contributed by atoms with Crippen LogP contribution < -0.4 is 4.90 Å². The van der Waals surface area contributed by atoms with Crippen LogP contribution in [-0.2, 0) is 4.74 Å². The van der Waals surface area contributed by atoms with Crippen molar-refractivity contribution < 1.29 is 9.84 Å². The van der Waals surface area contributed by atoms with Gasteiger partial charge < -0.3 is 14.7 Å². The summed E-state index contributed by atoms with van der Waals surface area (Å²) in [5.74, 6) is 0.601. The normalized spacial score (nSPS) is 19.1. The van der Waals surface area contributed by atoms with Crippen LogP contribution in [0.25, 0.3) is 22.0 Å². The van der Waals surface area contributed by atoms with Gasteiger partial charge in [0.25, 0.3) is 0 Å². The van der Waals surface area contributed by atoms with Crippen molar-refractivity contribution in [3.63, 3.8) is 0 Å². The van der Waals surface area contributed by atoms with Gasteiger partial charge in [0.1, 0.15) is 5.75 Å². The van der Waals surface area contributed by atoms with E-state index in [4.69, 9.17) is 21.3 Å². The number of rotatable bonds is 4. The van der Waals surface area contributed by atoms with Gasteiger partial charge in [-0.15, -0.1) is 22.9 Å². The van der Waals surface area contributed by atoms with Crippen molar-refractivity contribution in [2.75, 3.05) is 17.3 Å². The van der Waals surface area contributed by atoms with Crippen molar-refractivity contribution >= 4 is 38.8 Å². The summed E-state index contributed by atoms with van der Waals surface area (Å²) >= 11 is 7.72. The first-order chi connectivity index (χ1) is 14.2. The van der Waals surface area contributed by atoms with Gasteiger partial charge in [-0.2, -0.15) is 0 Å². The van der Waals surface area contributed by atoms with E-state index in [0.717, 1.165) is 32.7 Å². The summed E-state index contributed by atoms with van der Waals surface area (Å²) in [5.41, 5.74) is 2.77. The average molecular weight is 423 g/mol. The molecule has 146 valence electrons. The molecule has 0 bridgehead atoms. The van der Waals surface area contributed by atoms with E-state index in [0.29, 0.717) is 12.4 Å². The highest BCUT2D eigenvalue weighted by atomic mass is 35.5. The second kappa shape index (κ2) is 7.67. The zero-order valence-corrected chi connectivity index (χ0v) is 17.1. The van der Waals surface area contributed by atoms with Crippen molar-refractivity contribution in [2.45, 2.75) is 12.3 Å². The summed E-state index contributed by atoms with van der Waals surface area (Å²) < 4.78 is 6.27. The number of benzene rings is 3. The molecule has 1 aromatic heterocycles. The van der Waals surface area contributed by atoms with E-state index in [1.165, 1.54) is 0 Å². The molecule has 0 aliphatic carbocycles. The van der Waals surface area contributed by atoms with Crippen LogP contribution in [0.15, 0.2) is 72.1 Å². The molecule has 1 aliphatic heterocycles. The van der Waals surface area contributed by atoms with E-state index in [2.05, 4.69) is 22.4 Å². The molecule has 0 spiro atoms. The lowest BCUT2D eigenvalue weighted by molar-refractivity contribution is 0.0600. The lowest BCUT2D eigenvalue weighted by Crippen LogP contribution is -2.24. The van der Waals surface area contributed by atoms with Gasteiger partial charge in [0.15, 0.2) is 11.4 Å². The summed E-state index contributed by atoms with van der Waals surface area (Å²) in [6, 6.07) is 21.8. The molecule has 1 fully saturated rings. The Morgan fingerprint density at radius 3 is 2.69 bits per heavy atom. The number of aromatic nitrogens is 1. The van der Waals surface area contributed by atoms with Gasteiger partial charge in [0.2, 0.25) is 0 Å². The number of phenols is 1. The summed E-state index contributed by atoms with van der Waals surface area (Å²) in [6.45, 7) is 0.624. The number of fused-ring (bicyclic) bond motifs is 1. The smallest absolute Gasteiger partial charge is 0.188 e. The molecule has 1 N–H and O–H groups in total. The Morgan fingerprint density at radius 2 is 1.86 bits per heavy atom. The molecule has 1 aliphatic rings. The highest BCUT2D eigenvalue weighted by Crippen LogP contribution is 2.43. The minimum Gasteiger partial charge on any atom is -0.507 e. The fourth-order valence-corrected chi connectivity index (χ4v) is 4.82. The predicted molar refractivity (Wildman–Crippen MR) is 119 cm³/mol. The third-order valence-electron chi connectivity index (χ3n) is 5.18. The highest BCUT2D eigenvalue weighted by Gasteiger charge is 2.37. The van der Waals surface area contributed by atoms with Gasteiger partial charge in [-0.05, 0) is 16.8 Å². The van der Waals surface area contributed by atoms with Crippen LogP contribution in [0.2, 0.25) is 0 Å². The van der Waals surface area contributed by atoms with Gasteiger partial charge in [0.05, 0.1) is 29.8 Å². The number of phenolic OH excluding ortho intramolecular Hbond substituents is 1. The number of nitrogens with zero attached hydrogens (tertiary/aromatic N) is 2. The van der Waals surface area contributed by atoms with Crippen molar-refractivity contribution in [2.24, 2.45) is 0 Å². The van der Waals surface area contributed by atoms with Gasteiger partial charge in [0, 0.05) is 10.9 Å². The van der Waals surface area contributed by atoms with Crippen LogP contribution >= 0.6 is 22.9 Å². The zero-order chi connectivity index (χ0) is 19.8. The third-order valence-corrected chi connectivity index (χ3v) is 6.40. The summed E-state index contributed by atoms with van der Waals surface area (Å²) in [6.07, 6.45) is -0.580. The quantitative estimate of drug-likeness (QED) is 0.421. The summed E-state index contributed by atoms with van der Waals surface area (Å²) in [7, 11) is 0. The minimum atomic E-state index is -0.445. The molecule has 2 heterocycles. The Morgan fingerprint density at radius 1 is 1.07 bits per heavy atom. The lowest BCUT2D eigenvalue weighted by Gasteiger charge is -2.24. The van der Waals surface area contributed by atoms with Crippen LogP contribution in [-0.4, -0.2) is 28.6 Å². The molecule has 5 rings (SSSR count). The molecule has 3 aromatic carbocycles. The second-order valence-corrected chi connectivity index (χ2v) is 8.16. The largest absolute Gasteiger partial charge is 0.507 e. The number of halogens is 1. The molecule has 4 nitrogen and oxygen atoms in total. The van der Waals surface area contributed by atoms with E-state index in [1.807, 2.05) is 48.5 Å². The Balaban J connectivity index is 1.58. The first-order valence-electron chi connectivity index (χ1n) is 9.44. The molecule has 0 saturated carbocycles. The molecule has 4 aromatic rings. The van der Waals surface area contributed by atoms with E-state index < -0.39 is 6.23 Å². The maximum absolute atomic E-state index is 10.7. The van der Waals surface area contributed by atoms with E-state index >= 15 is 0 Å². The molecule has 0 radical (unpaired) electrons. The van der Waals surface area contributed by atoms with E-state index in [-0.39, 0.29) is 11.9 Å². The highest BCUT2D eigenvalue weighted by molar-refractivity contribution is 7.14. The number of hydrogen-bond acceptors (Lipinski definition) is 5. The summed E-state index contributed by atoms with van der Waals surface area (Å²) in [5, 5.41) is 15.7. The SMILES string of the molecule is Oc1ccc2ccccc2c1C1OC(CCl)CN1c1nc(-c2ccccc2)cs1. The molecular formula is C23H19ClN2O2S. The standard InChI is InChI=1S/C23H19ClN2O2S/c24-12-17-13-26(23-25-19(14-29-23)16-7-2-1-3-8-16)22(28-17)21-18-9-5-4-6-15(18)10-11-20(21)27/h1-11,14,17,22,27H,12-13H2. The number of hydrogen-bond donors (Lipinski definition) is 1. The molecule has 0 amide bonds. The van der Waals surface area contributed by atoms with Crippen LogP contribution in [0.1, 0.15) is 11.8 Å². The maximum Gasteiger partial charge on any atom is 0.188 e. The monoisotopic (exact) mass is 422 g/mol. The average Bonchev–Trinajstić information content (AvgIpc) is 3.41. The van der Waals surface area contributed by atoms with Crippen LogP contribution in [0, 0.1) is 0 Å². The van der Waals surface area contributed by atoms with Gasteiger partial charge in [-0.25, -0.2) is 4.98 Å². The topological polar surface area (TPSA) is 45.6 Å². The van der Waals surface area contributed by atoms with Crippen molar-refractivity contribution in [1.29, 1.82) is 0 Å². The lowest BCUT2D eigenvalue weighted by atomic mass is 10.0. The summed E-state index contributed by atoms with van der Waals surface area (Å²) in [4.78, 5) is 6.96. The zero-order valence-electron chi connectivity index (χ0n) is 15.5. The van der Waals surface area contributed by atoms with E-state index in [1.54, 1.807) is 17.4 Å². The molecular weight excluding hydrogens is 404 g/mol. The predicted octanol–water partition coefficient (Wildman–Crippen LogP) is 5.81. The Kier molecular flexibility index (Phi) is 4.87. The fraction of sp³-hybridized carbons (Fsp3) is 0.174. The van der Waals surface area contributed by atoms with Gasteiger partial charge in [-0.3, -0.25) is 0 Å². The molecule has 6 heteroatoms. The van der Waals surface area contributed by atoms with E-state index in [9.17, 15) is 5.11 Å². The number of anilines is 1. The molecule has 2 unspecified atom stereocenters. The number of ether oxygens (including phenoxy) is 1. The molecule has 1 saturated heterocycles. The van der Waals surface area contributed by atoms with Gasteiger partial charge in [-0.1, -0.05) is 60.7 Å². The number of thiazole rings is 1. The fourth-order valence-electron chi connectivity index (χ4n) is 3.78. The Hall–Kier alpha value is -2.60. The van der Waals surface area contributed by atoms with Crippen molar-refractivity contribution in [1.82, 2.24) is 4.98 Å². The van der Waals surface area contributed by atoms with Gasteiger partial charge >= 0.3 is 0 Å². The van der Waals surface area contributed by atoms with Crippen LogP contribution in [0.5, 0.6) is 5.75 Å². The van der Waals surface area contributed by atoms with Crippen LogP contribution in [0.4, 0.5) is 5.13 Å². The third kappa shape index (κ3) is 3.35. The van der Waals surface area contributed by atoms with Crippen molar-refractivity contribution in [3.8, 4) is 17.0 Å². The Labute approximate surface area is 178 Å². The number of alkyl halides is 1. The first-order valence-corrected chi connectivity index (χ1v) is 10.9. The van der Waals surface area contributed by atoms with Crippen LogP contribution in [0.3, 0.4) is 0 Å². The second-order valence-electron chi connectivity index (χ2n) is 7.02. The number of aromatic hydroxyl groups is 1. The maximum atomic E-state index is 10.7. The molecule has 2 atom stereocenters. The molecule has 29 heavy (non-hydrogen) atoms. The first kappa shape index (κ1) is 18.4. The van der Waals surface area contributed by atoms with Crippen molar-refractivity contribution in [3.05, 3.63) is 77.7 Å². The minimum absolute atomic E-state index is 0.135. The Bertz CT molecular complexity index is 1150.